The van der Waals surface area contributed by atoms with Crippen molar-refractivity contribution in [3.05, 3.63) is 207 Å². The second kappa shape index (κ2) is 31.9. The first-order valence-corrected chi connectivity index (χ1v) is 40.2. The van der Waals surface area contributed by atoms with Crippen LogP contribution in [0.3, 0.4) is 0 Å². The number of fused-ring (bicyclic) bond motifs is 4. The number of hydrogen-bond acceptors (Lipinski definition) is 11. The number of hydrogen-bond donors (Lipinski definition) is 6. The molecule has 16 nitrogen and oxygen atoms in total. The molecule has 20 heteroatoms. The molecule has 4 aliphatic heterocycles. The molecule has 0 radical (unpaired) electrons. The van der Waals surface area contributed by atoms with E-state index in [0.29, 0.717) is 72.9 Å². The number of ether oxygens (including phenoxy) is 3. The standard InChI is InChI=1S/C20H20N2O3.C18H18N2O2.C18H14N2O2.C9H6N2O.3HI.V/c1-3-25-19-7-5-4-6-15(19)11-17-16-9-8-14(12-21-13(2)23)10-18(16)22-20(17)24;2*1-2-22-17-6-4-3-5-13(17)10-15-14-8-7-12(11-19)9-16(14)20-18(15)21;10-5-6-1-2-7-4-9(12)11-8(7)3-6;;;;/h4-11H,3,12H2,1-2H3,(H,21,23)(H,22,24);3-10H,2,11,19H2,1H3,(H,20,21);3-10H,2H2,1H3,(H,20,21);1-3H,4H2,(H,11,12);3*1H;/q;;;;;;;+3/p-3/b17-11+;2*15-10+;;;;;. The van der Waals surface area contributed by atoms with Crippen LogP contribution in [0.1, 0.15) is 88.9 Å². The maximum atomic E-state index is 12.4. The van der Waals surface area contributed by atoms with Gasteiger partial charge in [-0.1, -0.05) is 91.0 Å². The molecule has 7 N–H and O–H groups in total. The summed E-state index contributed by atoms with van der Waals surface area (Å²) < 4.78 is 16.8. The Morgan fingerprint density at radius 1 is 0.553 bits per heavy atom. The average Bonchev–Trinajstić information content (AvgIpc) is 3.91. The molecule has 0 unspecified atom stereocenters. The molecule has 0 fully saturated rings. The second-order valence-corrected chi connectivity index (χ2v) is 54.0. The van der Waals surface area contributed by atoms with Crippen LogP contribution in [-0.2, 0) is 48.4 Å². The van der Waals surface area contributed by atoms with Crippen molar-refractivity contribution in [3.8, 4) is 29.4 Å². The van der Waals surface area contributed by atoms with Gasteiger partial charge in [-0.25, -0.2) is 0 Å². The molecule has 0 atom stereocenters. The van der Waals surface area contributed by atoms with Crippen molar-refractivity contribution in [1.82, 2.24) is 5.32 Å². The van der Waals surface area contributed by atoms with E-state index in [2.05, 4.69) is 92.6 Å². The number of benzene rings is 7. The molecule has 7 aromatic rings. The minimum atomic E-state index is -0.278. The Morgan fingerprint density at radius 2 is 0.929 bits per heavy atom. The van der Waals surface area contributed by atoms with E-state index >= 15 is 0 Å². The molecule has 432 valence electrons. The topological polar surface area (TPSA) is 247 Å². The SMILES string of the molecule is CCOc1ccccc1/C=C1/C(=O)Nc2cc(C#N)ccc21.CCOc1ccccc1/C=C1/C(=O)Nc2cc(CN)ccc21.CCOc1ccccc1/C=C1/C(=O)Nc2cc(CNC(C)=O)ccc21.N#Cc1ccc2c(c1)NC(=O)C2.[I][V]([I])[I]. The Labute approximate surface area is 531 Å². The number of nitrogens with zero attached hydrogens (tertiary/aromatic N) is 2. The number of para-hydroxylation sites is 3. The molecule has 7 aromatic carbocycles. The molecule has 0 saturated heterocycles. The van der Waals surface area contributed by atoms with E-state index in [1.54, 1.807) is 30.3 Å². The third kappa shape index (κ3) is 17.9. The fraction of sp³-hybridized carbons (Fsp3) is 0.154. The Bertz CT molecular complexity index is 3850. The molecule has 0 aromatic heterocycles. The molecule has 0 bridgehead atoms. The first kappa shape index (κ1) is 64.8. The predicted octanol–water partition coefficient (Wildman–Crippen LogP) is 13.4. The Kier molecular flexibility index (Phi) is 24.3. The first-order valence-electron chi connectivity index (χ1n) is 26.7. The van der Waals surface area contributed by atoms with Crippen LogP contribution in [0.4, 0.5) is 22.7 Å². The number of carbonyl (C=O) groups is 5. The Morgan fingerprint density at radius 3 is 1.34 bits per heavy atom. The van der Waals surface area contributed by atoms with Gasteiger partial charge in [-0.3, -0.25) is 24.0 Å². The summed E-state index contributed by atoms with van der Waals surface area (Å²) in [5.74, 6) is 1.77. The van der Waals surface area contributed by atoms with Crippen molar-refractivity contribution in [2.75, 3.05) is 41.1 Å². The normalized spacial score (nSPS) is 14.0. The van der Waals surface area contributed by atoms with Crippen LogP contribution in [0.2, 0.25) is 0 Å². The zero-order valence-corrected chi connectivity index (χ0v) is 54.5. The van der Waals surface area contributed by atoms with Gasteiger partial charge < -0.3 is 46.5 Å². The molecular formula is C65H58I3N8O8V. The molecule has 0 spiro atoms. The van der Waals surface area contributed by atoms with Crippen molar-refractivity contribution in [1.29, 1.82) is 10.5 Å². The fourth-order valence-electron chi connectivity index (χ4n) is 9.05. The van der Waals surface area contributed by atoms with Crippen molar-refractivity contribution in [3.63, 3.8) is 0 Å². The number of amides is 5. The third-order valence-electron chi connectivity index (χ3n) is 12.9. The van der Waals surface area contributed by atoms with Gasteiger partial charge in [-0.2, -0.15) is 10.5 Å². The zero-order valence-electron chi connectivity index (χ0n) is 46.6. The van der Waals surface area contributed by atoms with Crippen LogP contribution in [0.5, 0.6) is 17.2 Å². The van der Waals surface area contributed by atoms with Crippen LogP contribution in [0.25, 0.3) is 34.9 Å². The van der Waals surface area contributed by atoms with Crippen LogP contribution < -0.4 is 46.5 Å². The molecule has 4 heterocycles. The number of halogens is 3. The molecule has 4 aliphatic rings. The number of anilines is 4. The van der Waals surface area contributed by atoms with E-state index in [1.165, 1.54) is 6.92 Å². The monoisotopic (exact) mass is 1510 g/mol. The summed E-state index contributed by atoms with van der Waals surface area (Å²) in [6.45, 7) is 9.87. The zero-order chi connectivity index (χ0) is 61.0. The third-order valence-corrected chi connectivity index (χ3v) is 12.9. The molecule has 0 saturated carbocycles. The van der Waals surface area contributed by atoms with Crippen molar-refractivity contribution >= 4 is 147 Å². The number of nitrogens with two attached hydrogens (primary N) is 1. The molecular weight excluding hydrogens is 1450 g/mol. The van der Waals surface area contributed by atoms with Gasteiger partial charge in [0.15, 0.2) is 0 Å². The van der Waals surface area contributed by atoms with Gasteiger partial charge in [0.05, 0.1) is 55.2 Å². The molecule has 0 aliphatic carbocycles. The number of carbonyl (C=O) groups excluding carboxylic acids is 5. The predicted molar refractivity (Wildman–Crippen MR) is 357 cm³/mol. The summed E-state index contributed by atoms with van der Waals surface area (Å²) in [4.78, 5) is 58.5. The Hall–Kier alpha value is -7.78. The average molecular weight is 1510 g/mol. The molecule has 5 amide bonds. The van der Waals surface area contributed by atoms with Crippen LogP contribution in [-0.4, -0.2) is 49.4 Å². The maximum absolute atomic E-state index is 12.4. The fourth-order valence-corrected chi connectivity index (χ4v) is 9.05. The van der Waals surface area contributed by atoms with Gasteiger partial charge in [-0.15, -0.1) is 0 Å². The van der Waals surface area contributed by atoms with Crippen molar-refractivity contribution < 1.29 is 43.1 Å². The summed E-state index contributed by atoms with van der Waals surface area (Å²) >= 11 is 7.39. The minimum absolute atomic E-state index is 0.0000831. The van der Waals surface area contributed by atoms with Crippen LogP contribution >= 0.6 is 59.9 Å². The summed E-state index contributed by atoms with van der Waals surface area (Å²) in [5, 5.41) is 31.5. The van der Waals surface area contributed by atoms with E-state index in [1.807, 2.05) is 160 Å². The number of rotatable bonds is 12. The number of nitrogens with one attached hydrogen (secondary N) is 5. The summed E-state index contributed by atoms with van der Waals surface area (Å²) in [6, 6.07) is 48.9. The van der Waals surface area contributed by atoms with Gasteiger partial charge in [0.1, 0.15) is 17.2 Å². The van der Waals surface area contributed by atoms with E-state index in [-0.39, 0.29) is 34.5 Å². The van der Waals surface area contributed by atoms with Gasteiger partial charge in [0.2, 0.25) is 11.8 Å². The van der Waals surface area contributed by atoms with Gasteiger partial charge in [0, 0.05) is 87.2 Å². The Balaban J connectivity index is 0.000000162. The number of nitriles is 2. The van der Waals surface area contributed by atoms with E-state index < -0.39 is 0 Å². The van der Waals surface area contributed by atoms with Gasteiger partial charge in [-0.05, 0) is 110 Å². The van der Waals surface area contributed by atoms with E-state index in [9.17, 15) is 24.0 Å². The van der Waals surface area contributed by atoms with Crippen molar-refractivity contribution in [2.45, 2.75) is 47.2 Å². The van der Waals surface area contributed by atoms with Crippen LogP contribution in [0, 0.1) is 22.7 Å². The molecule has 11 rings (SSSR count). The second-order valence-electron chi connectivity index (χ2n) is 18.6. The van der Waals surface area contributed by atoms with Crippen molar-refractivity contribution in [2.24, 2.45) is 5.73 Å². The van der Waals surface area contributed by atoms with Crippen LogP contribution in [0.15, 0.2) is 146 Å². The summed E-state index contributed by atoms with van der Waals surface area (Å²) in [7, 11) is 0. The van der Waals surface area contributed by atoms with Gasteiger partial charge in [0.25, 0.3) is 17.7 Å². The van der Waals surface area contributed by atoms with E-state index in [4.69, 9.17) is 30.5 Å². The summed E-state index contributed by atoms with van der Waals surface area (Å²) in [6.07, 6.45) is 5.97. The van der Waals surface area contributed by atoms with E-state index in [0.717, 1.165) is 84.4 Å². The summed E-state index contributed by atoms with van der Waals surface area (Å²) in [5.41, 5.74) is 19.7. The first-order chi connectivity index (χ1) is 41.1. The molecule has 85 heavy (non-hydrogen) atoms. The van der Waals surface area contributed by atoms with Gasteiger partial charge >= 0.3 is 64.9 Å². The quantitative estimate of drug-likeness (QED) is 0.0496.